The van der Waals surface area contributed by atoms with Crippen LogP contribution in [0.1, 0.15) is 5.56 Å². The summed E-state index contributed by atoms with van der Waals surface area (Å²) < 4.78 is 40.5. The van der Waals surface area contributed by atoms with E-state index in [0.717, 1.165) is 33.3 Å². The number of halogens is 3. The Morgan fingerprint density at radius 1 is 1.09 bits per heavy atom. The fourth-order valence-corrected chi connectivity index (χ4v) is 6.36. The molecule has 3 aromatic rings. The van der Waals surface area contributed by atoms with Gasteiger partial charge in [-0.25, -0.2) is 12.8 Å². The van der Waals surface area contributed by atoms with Crippen molar-refractivity contribution in [2.75, 3.05) is 23.1 Å². The van der Waals surface area contributed by atoms with E-state index in [9.17, 15) is 17.6 Å². The SMILES string of the molecule is O=C(CN(c1ccc(F)cc1)S(=O)(=O)c1cccs1)NCCSCc1ccc(Cl)c(Cl)c1. The van der Waals surface area contributed by atoms with Crippen molar-refractivity contribution in [2.45, 2.75) is 9.96 Å². The molecule has 11 heteroatoms. The second kappa shape index (κ2) is 11.4. The number of anilines is 1. The lowest BCUT2D eigenvalue weighted by molar-refractivity contribution is -0.119. The van der Waals surface area contributed by atoms with Crippen LogP contribution in [0.15, 0.2) is 64.2 Å². The predicted molar refractivity (Wildman–Crippen MR) is 131 cm³/mol. The van der Waals surface area contributed by atoms with Gasteiger partial charge in [0.2, 0.25) is 5.91 Å². The van der Waals surface area contributed by atoms with Gasteiger partial charge in [0.25, 0.3) is 10.0 Å². The second-order valence-corrected chi connectivity index (χ2v) is 11.5. The molecular weight excluding hydrogens is 514 g/mol. The van der Waals surface area contributed by atoms with E-state index in [1.807, 2.05) is 6.07 Å². The molecule has 1 N–H and O–H groups in total. The summed E-state index contributed by atoms with van der Waals surface area (Å²) in [5.74, 6) is 0.372. The van der Waals surface area contributed by atoms with Crippen LogP contribution in [0.4, 0.5) is 10.1 Å². The van der Waals surface area contributed by atoms with Crippen LogP contribution in [-0.4, -0.2) is 33.2 Å². The Morgan fingerprint density at radius 3 is 2.50 bits per heavy atom. The Morgan fingerprint density at radius 2 is 1.84 bits per heavy atom. The molecule has 1 aromatic heterocycles. The number of carbonyl (C=O) groups excluding carboxylic acids is 1. The number of benzene rings is 2. The minimum atomic E-state index is -3.96. The van der Waals surface area contributed by atoms with Crippen LogP contribution in [0.3, 0.4) is 0 Å². The van der Waals surface area contributed by atoms with E-state index in [0.29, 0.717) is 28.1 Å². The van der Waals surface area contributed by atoms with Crippen molar-refractivity contribution >= 4 is 67.9 Å². The van der Waals surface area contributed by atoms with Crippen LogP contribution < -0.4 is 9.62 Å². The summed E-state index contributed by atoms with van der Waals surface area (Å²) in [4.78, 5) is 12.5. The van der Waals surface area contributed by atoms with Crippen molar-refractivity contribution in [3.8, 4) is 0 Å². The first-order valence-corrected chi connectivity index (χ1v) is 13.6. The second-order valence-electron chi connectivity index (χ2n) is 6.57. The number of rotatable bonds is 10. The van der Waals surface area contributed by atoms with Gasteiger partial charge < -0.3 is 5.32 Å². The summed E-state index contributed by atoms with van der Waals surface area (Å²) in [7, 11) is -3.96. The zero-order valence-electron chi connectivity index (χ0n) is 16.6. The first-order valence-electron chi connectivity index (χ1n) is 9.37. The first-order chi connectivity index (χ1) is 15.3. The molecule has 1 heterocycles. The van der Waals surface area contributed by atoms with Gasteiger partial charge in [0, 0.05) is 18.1 Å². The molecular formula is C21H19Cl2FN2O3S3. The van der Waals surface area contributed by atoms with Crippen molar-refractivity contribution in [1.29, 1.82) is 0 Å². The van der Waals surface area contributed by atoms with Crippen LogP contribution in [0.5, 0.6) is 0 Å². The van der Waals surface area contributed by atoms with Crippen LogP contribution in [0.2, 0.25) is 10.0 Å². The van der Waals surface area contributed by atoms with E-state index in [4.69, 9.17) is 23.2 Å². The van der Waals surface area contributed by atoms with Crippen molar-refractivity contribution < 1.29 is 17.6 Å². The third kappa shape index (κ3) is 6.62. The molecule has 0 fully saturated rings. The van der Waals surface area contributed by atoms with Crippen molar-refractivity contribution in [2.24, 2.45) is 0 Å². The molecule has 0 bridgehead atoms. The van der Waals surface area contributed by atoms with Gasteiger partial charge in [-0.3, -0.25) is 9.10 Å². The molecule has 5 nitrogen and oxygen atoms in total. The van der Waals surface area contributed by atoms with Crippen molar-refractivity contribution in [3.63, 3.8) is 0 Å². The van der Waals surface area contributed by atoms with Crippen LogP contribution in [-0.2, 0) is 20.6 Å². The number of nitrogens with zero attached hydrogens (tertiary/aromatic N) is 1. The van der Waals surface area contributed by atoms with Gasteiger partial charge in [-0.2, -0.15) is 11.8 Å². The van der Waals surface area contributed by atoms with Gasteiger partial charge in [0.05, 0.1) is 15.7 Å². The molecule has 0 radical (unpaired) electrons. The van der Waals surface area contributed by atoms with Crippen molar-refractivity contribution in [3.05, 3.63) is 81.4 Å². The maximum atomic E-state index is 13.3. The van der Waals surface area contributed by atoms with Crippen LogP contribution >= 0.6 is 46.3 Å². The highest BCUT2D eigenvalue weighted by molar-refractivity contribution is 7.98. The lowest BCUT2D eigenvalue weighted by atomic mass is 10.2. The number of hydrogen-bond donors (Lipinski definition) is 1. The normalized spacial score (nSPS) is 11.3. The minimum Gasteiger partial charge on any atom is -0.354 e. The first kappa shape index (κ1) is 24.9. The predicted octanol–water partition coefficient (Wildman–Crippen LogP) is 5.44. The molecule has 3 rings (SSSR count). The summed E-state index contributed by atoms with van der Waals surface area (Å²) in [6, 6.07) is 13.5. The number of hydrogen-bond acceptors (Lipinski definition) is 5. The van der Waals surface area contributed by atoms with Crippen LogP contribution in [0, 0.1) is 5.82 Å². The highest BCUT2D eigenvalue weighted by Crippen LogP contribution is 2.27. The third-order valence-corrected chi connectivity index (χ3v) is 9.18. The van der Waals surface area contributed by atoms with Gasteiger partial charge in [0.15, 0.2) is 0 Å². The maximum absolute atomic E-state index is 13.3. The number of carbonyl (C=O) groups is 1. The molecule has 1 amide bonds. The zero-order valence-corrected chi connectivity index (χ0v) is 20.6. The Bertz CT molecular complexity index is 1160. The van der Waals surface area contributed by atoms with E-state index in [2.05, 4.69) is 5.32 Å². The fraction of sp³-hybridized carbons (Fsp3) is 0.190. The molecule has 0 aliphatic heterocycles. The molecule has 32 heavy (non-hydrogen) atoms. The lowest BCUT2D eigenvalue weighted by Gasteiger charge is -2.23. The number of nitrogens with one attached hydrogen (secondary N) is 1. The highest BCUT2D eigenvalue weighted by atomic mass is 35.5. The largest absolute Gasteiger partial charge is 0.354 e. The number of sulfonamides is 1. The summed E-state index contributed by atoms with van der Waals surface area (Å²) in [5, 5.41) is 5.36. The number of thiophene rings is 1. The topological polar surface area (TPSA) is 66.5 Å². The Hall–Kier alpha value is -1.78. The molecule has 0 saturated heterocycles. The molecule has 170 valence electrons. The van der Waals surface area contributed by atoms with Gasteiger partial charge in [-0.1, -0.05) is 35.3 Å². The van der Waals surface area contributed by atoms with Gasteiger partial charge in [-0.05, 0) is 53.4 Å². The summed E-state index contributed by atoms with van der Waals surface area (Å²) >= 11 is 14.6. The molecule has 0 aliphatic carbocycles. The lowest BCUT2D eigenvalue weighted by Crippen LogP contribution is -2.41. The van der Waals surface area contributed by atoms with Gasteiger partial charge in [0.1, 0.15) is 16.6 Å². The van der Waals surface area contributed by atoms with E-state index < -0.39 is 28.3 Å². The minimum absolute atomic E-state index is 0.104. The summed E-state index contributed by atoms with van der Waals surface area (Å²) in [6.07, 6.45) is 0. The average molecular weight is 533 g/mol. The molecule has 0 aliphatic rings. The smallest absolute Gasteiger partial charge is 0.274 e. The molecule has 2 aromatic carbocycles. The Balaban J connectivity index is 1.58. The molecule has 0 atom stereocenters. The summed E-state index contributed by atoms with van der Waals surface area (Å²) in [5.41, 5.74) is 1.23. The Labute approximate surface area is 204 Å². The van der Waals surface area contributed by atoms with Crippen LogP contribution in [0.25, 0.3) is 0 Å². The summed E-state index contributed by atoms with van der Waals surface area (Å²) in [6.45, 7) is -0.0511. The van der Waals surface area contributed by atoms with Gasteiger partial charge in [-0.15, -0.1) is 11.3 Å². The maximum Gasteiger partial charge on any atom is 0.274 e. The van der Waals surface area contributed by atoms with Gasteiger partial charge >= 0.3 is 0 Å². The monoisotopic (exact) mass is 532 g/mol. The highest BCUT2D eigenvalue weighted by Gasteiger charge is 2.28. The standard InChI is InChI=1S/C21H19Cl2FN2O3S3/c22-18-8-3-15(12-19(18)23)14-30-11-9-25-20(27)13-26(17-6-4-16(24)5-7-17)32(28,29)21-2-1-10-31-21/h1-8,10,12H,9,11,13-14H2,(H,25,27). The quantitative estimate of drug-likeness (QED) is 0.353. The van der Waals surface area contributed by atoms with E-state index in [-0.39, 0.29) is 9.90 Å². The Kier molecular flexibility index (Phi) is 8.84. The van der Waals surface area contributed by atoms with Crippen molar-refractivity contribution in [1.82, 2.24) is 5.32 Å². The molecule has 0 spiro atoms. The van der Waals surface area contributed by atoms with E-state index in [1.165, 1.54) is 18.2 Å². The average Bonchev–Trinajstić information content (AvgIpc) is 3.31. The zero-order chi connectivity index (χ0) is 23.1. The van der Waals surface area contributed by atoms with E-state index in [1.54, 1.807) is 35.3 Å². The fourth-order valence-electron chi connectivity index (χ4n) is 2.71. The molecule has 0 unspecified atom stereocenters. The third-order valence-electron chi connectivity index (χ3n) is 4.26. The molecule has 0 saturated carbocycles. The number of thioether (sulfide) groups is 1. The van der Waals surface area contributed by atoms with E-state index >= 15 is 0 Å². The number of amides is 1.